The lowest BCUT2D eigenvalue weighted by molar-refractivity contribution is -0.123. The molecule has 0 saturated heterocycles. The molecule has 0 radical (unpaired) electrons. The van der Waals surface area contributed by atoms with Crippen molar-refractivity contribution in [1.82, 2.24) is 10.2 Å². The molecule has 0 aliphatic heterocycles. The molecule has 0 atom stereocenters. The van der Waals surface area contributed by atoms with Gasteiger partial charge in [-0.2, -0.15) is 0 Å². The minimum atomic E-state index is 0.175. The summed E-state index contributed by atoms with van der Waals surface area (Å²) in [7, 11) is 0. The quantitative estimate of drug-likeness (QED) is 0.824. The maximum Gasteiger partial charge on any atom is 0.234 e. The van der Waals surface area contributed by atoms with Gasteiger partial charge in [0.2, 0.25) is 5.91 Å². The van der Waals surface area contributed by atoms with Crippen LogP contribution < -0.4 is 5.32 Å². The van der Waals surface area contributed by atoms with E-state index in [0.29, 0.717) is 18.5 Å². The molecule has 1 aromatic rings. The zero-order valence-electron chi connectivity index (χ0n) is 14.2. The van der Waals surface area contributed by atoms with E-state index < -0.39 is 0 Å². The highest BCUT2D eigenvalue weighted by Crippen LogP contribution is 2.23. The lowest BCUT2D eigenvalue weighted by Gasteiger charge is -2.27. The molecule has 22 heavy (non-hydrogen) atoms. The van der Waals surface area contributed by atoms with Gasteiger partial charge in [0.15, 0.2) is 0 Å². The third kappa shape index (κ3) is 5.40. The van der Waals surface area contributed by atoms with E-state index in [9.17, 15) is 4.79 Å². The second kappa shape index (κ2) is 8.68. The molecule has 0 spiro atoms. The number of thiophene rings is 1. The van der Waals surface area contributed by atoms with Crippen molar-refractivity contribution in [3.8, 4) is 0 Å². The summed E-state index contributed by atoms with van der Waals surface area (Å²) in [5.74, 6) is 0.873. The van der Waals surface area contributed by atoms with Crippen LogP contribution in [0.4, 0.5) is 0 Å². The summed E-state index contributed by atoms with van der Waals surface area (Å²) >= 11 is 1.79. The molecular weight excluding hydrogens is 292 g/mol. The van der Waals surface area contributed by atoms with Crippen molar-refractivity contribution < 1.29 is 4.79 Å². The van der Waals surface area contributed by atoms with Gasteiger partial charge in [-0.25, -0.2) is 0 Å². The van der Waals surface area contributed by atoms with E-state index in [0.717, 1.165) is 13.1 Å². The van der Waals surface area contributed by atoms with E-state index in [2.05, 4.69) is 42.4 Å². The van der Waals surface area contributed by atoms with E-state index >= 15 is 0 Å². The van der Waals surface area contributed by atoms with Gasteiger partial charge in [0.1, 0.15) is 0 Å². The Bertz CT molecular complexity index is 463. The van der Waals surface area contributed by atoms with Crippen LogP contribution in [-0.4, -0.2) is 29.9 Å². The topological polar surface area (TPSA) is 32.3 Å². The van der Waals surface area contributed by atoms with Crippen LogP contribution in [-0.2, 0) is 11.3 Å². The summed E-state index contributed by atoms with van der Waals surface area (Å²) in [6, 6.07) is 2.53. The molecule has 4 heteroatoms. The van der Waals surface area contributed by atoms with Crippen molar-refractivity contribution in [3.63, 3.8) is 0 Å². The molecule has 124 valence electrons. The lowest BCUT2D eigenvalue weighted by Crippen LogP contribution is -2.41. The monoisotopic (exact) mass is 322 g/mol. The molecule has 2 rings (SSSR count). The highest BCUT2D eigenvalue weighted by molar-refractivity contribution is 7.10. The smallest absolute Gasteiger partial charge is 0.234 e. The van der Waals surface area contributed by atoms with Gasteiger partial charge in [-0.15, -0.1) is 11.3 Å². The number of hydrogen-bond donors (Lipinski definition) is 1. The first kappa shape index (κ1) is 17.5. The Kier molecular flexibility index (Phi) is 6.90. The summed E-state index contributed by atoms with van der Waals surface area (Å²) < 4.78 is 0. The van der Waals surface area contributed by atoms with Crippen LogP contribution >= 0.6 is 11.3 Å². The van der Waals surface area contributed by atoms with Crippen molar-refractivity contribution in [3.05, 3.63) is 21.9 Å². The Labute approximate surface area is 139 Å². The average molecular weight is 323 g/mol. The SMILES string of the molecule is Cc1ccsc1CN(CC(=O)NCC1CCCCC1)C(C)C. The molecule has 0 aromatic carbocycles. The third-order valence-corrected chi connectivity index (χ3v) is 5.71. The van der Waals surface area contributed by atoms with E-state index in [-0.39, 0.29) is 5.91 Å². The number of carbonyl (C=O) groups excluding carboxylic acids is 1. The molecule has 3 nitrogen and oxygen atoms in total. The maximum absolute atomic E-state index is 12.3. The first-order chi connectivity index (χ1) is 10.6. The number of rotatable bonds is 7. The second-order valence-corrected chi connectivity index (χ2v) is 7.83. The van der Waals surface area contributed by atoms with Gasteiger partial charge in [-0.05, 0) is 56.5 Å². The Hall–Kier alpha value is -0.870. The Morgan fingerprint density at radius 3 is 2.68 bits per heavy atom. The van der Waals surface area contributed by atoms with E-state index in [4.69, 9.17) is 0 Å². The number of amides is 1. The van der Waals surface area contributed by atoms with Crippen molar-refractivity contribution in [2.45, 2.75) is 65.5 Å². The molecular formula is C18H30N2OS. The number of nitrogens with zero attached hydrogens (tertiary/aromatic N) is 1. The normalized spacial score (nSPS) is 16.4. The predicted molar refractivity (Wildman–Crippen MR) is 94.2 cm³/mol. The third-order valence-electron chi connectivity index (χ3n) is 4.70. The molecule has 0 bridgehead atoms. The van der Waals surface area contributed by atoms with Crippen LogP contribution in [0.25, 0.3) is 0 Å². The lowest BCUT2D eigenvalue weighted by atomic mass is 9.89. The van der Waals surface area contributed by atoms with Gasteiger partial charge in [0, 0.05) is 24.0 Å². The van der Waals surface area contributed by atoms with Crippen molar-refractivity contribution in [2.75, 3.05) is 13.1 Å². The van der Waals surface area contributed by atoms with Gasteiger partial charge < -0.3 is 5.32 Å². The molecule has 1 aromatic heterocycles. The molecule has 0 unspecified atom stereocenters. The van der Waals surface area contributed by atoms with Crippen LogP contribution in [0.5, 0.6) is 0 Å². The van der Waals surface area contributed by atoms with Gasteiger partial charge in [-0.1, -0.05) is 19.3 Å². The van der Waals surface area contributed by atoms with Crippen LogP contribution in [0.3, 0.4) is 0 Å². The predicted octanol–water partition coefficient (Wildman–Crippen LogP) is 3.96. The number of hydrogen-bond acceptors (Lipinski definition) is 3. The van der Waals surface area contributed by atoms with Crippen molar-refractivity contribution >= 4 is 17.2 Å². The fourth-order valence-electron chi connectivity index (χ4n) is 3.06. The minimum absolute atomic E-state index is 0.175. The van der Waals surface area contributed by atoms with E-state index in [1.807, 2.05) is 0 Å². The summed E-state index contributed by atoms with van der Waals surface area (Å²) in [5.41, 5.74) is 1.33. The minimum Gasteiger partial charge on any atom is -0.355 e. The standard InChI is InChI=1S/C18H30N2OS/c1-14(2)20(12-17-15(3)9-10-22-17)13-18(21)19-11-16-7-5-4-6-8-16/h9-10,14,16H,4-8,11-13H2,1-3H3,(H,19,21). The zero-order valence-corrected chi connectivity index (χ0v) is 15.0. The fourth-order valence-corrected chi connectivity index (χ4v) is 3.99. The maximum atomic E-state index is 12.3. The van der Waals surface area contributed by atoms with E-state index in [1.54, 1.807) is 11.3 Å². The molecule has 1 N–H and O–H groups in total. The van der Waals surface area contributed by atoms with Gasteiger partial charge in [-0.3, -0.25) is 9.69 Å². The molecule has 1 heterocycles. The first-order valence-corrected chi connectivity index (χ1v) is 9.48. The largest absolute Gasteiger partial charge is 0.355 e. The first-order valence-electron chi connectivity index (χ1n) is 8.60. The average Bonchev–Trinajstić information content (AvgIpc) is 2.91. The van der Waals surface area contributed by atoms with Crippen molar-refractivity contribution in [1.29, 1.82) is 0 Å². The summed E-state index contributed by atoms with van der Waals surface area (Å²) in [4.78, 5) is 15.9. The highest BCUT2D eigenvalue weighted by atomic mass is 32.1. The number of carbonyl (C=O) groups is 1. The van der Waals surface area contributed by atoms with Gasteiger partial charge in [0.25, 0.3) is 0 Å². The summed E-state index contributed by atoms with van der Waals surface area (Å²) in [6.45, 7) is 8.71. The van der Waals surface area contributed by atoms with E-state index in [1.165, 1.54) is 42.5 Å². The summed E-state index contributed by atoms with van der Waals surface area (Å²) in [5, 5.41) is 5.29. The van der Waals surface area contributed by atoms with Gasteiger partial charge in [0.05, 0.1) is 6.54 Å². The Balaban J connectivity index is 1.79. The molecule has 1 aliphatic carbocycles. The Morgan fingerprint density at radius 1 is 1.36 bits per heavy atom. The Morgan fingerprint density at radius 2 is 2.09 bits per heavy atom. The van der Waals surface area contributed by atoms with Crippen LogP contribution in [0.1, 0.15) is 56.4 Å². The van der Waals surface area contributed by atoms with Crippen LogP contribution in [0.15, 0.2) is 11.4 Å². The molecule has 1 saturated carbocycles. The highest BCUT2D eigenvalue weighted by Gasteiger charge is 2.18. The zero-order chi connectivity index (χ0) is 15.9. The van der Waals surface area contributed by atoms with Crippen LogP contribution in [0.2, 0.25) is 0 Å². The molecule has 1 fully saturated rings. The van der Waals surface area contributed by atoms with Gasteiger partial charge >= 0.3 is 0 Å². The number of nitrogens with one attached hydrogen (secondary N) is 1. The van der Waals surface area contributed by atoms with Crippen LogP contribution in [0, 0.1) is 12.8 Å². The second-order valence-electron chi connectivity index (χ2n) is 6.83. The fraction of sp³-hybridized carbons (Fsp3) is 0.722. The number of aryl methyl sites for hydroxylation is 1. The molecule has 1 aliphatic rings. The van der Waals surface area contributed by atoms with Crippen molar-refractivity contribution in [2.24, 2.45) is 5.92 Å². The molecule has 1 amide bonds. The summed E-state index contributed by atoms with van der Waals surface area (Å²) in [6.07, 6.45) is 6.59.